The van der Waals surface area contributed by atoms with Gasteiger partial charge >= 0.3 is 12.1 Å². The van der Waals surface area contributed by atoms with Crippen molar-refractivity contribution < 1.29 is 9.59 Å². The monoisotopic (exact) mass is 506 g/mol. The molecule has 36 heavy (non-hydrogen) atoms. The van der Waals surface area contributed by atoms with E-state index in [1.165, 1.54) is 0 Å². The van der Waals surface area contributed by atoms with Crippen molar-refractivity contribution in [1.29, 1.82) is 0 Å². The van der Waals surface area contributed by atoms with Crippen LogP contribution >= 0.6 is 0 Å². The first kappa shape index (κ1) is 27.4. The molecule has 4 aliphatic carbocycles. The summed E-state index contributed by atoms with van der Waals surface area (Å²) in [5, 5.41) is 10.1. The number of nitrogens with one attached hydrogen (secondary N) is 2. The Morgan fingerprint density at radius 3 is 0.972 bits per heavy atom. The molecule has 0 radical (unpaired) electrons. The Balaban J connectivity index is 1.55. The van der Waals surface area contributed by atoms with Crippen LogP contribution < -0.4 is 33.6 Å². The van der Waals surface area contributed by atoms with Crippen LogP contribution in [0.2, 0.25) is 0 Å². The summed E-state index contributed by atoms with van der Waals surface area (Å²) in [6.07, 6.45) is 13.8. The van der Waals surface area contributed by atoms with Crippen LogP contribution in [0.4, 0.5) is 9.59 Å². The minimum absolute atomic E-state index is 0.0447. The number of carbonyl (C=O) groups excluding carboxylic acids is 2. The van der Waals surface area contributed by atoms with Gasteiger partial charge in [-0.1, -0.05) is 0 Å². The van der Waals surface area contributed by atoms with Crippen molar-refractivity contribution in [2.24, 2.45) is 22.9 Å². The summed E-state index contributed by atoms with van der Waals surface area (Å²) < 4.78 is 0. The fourth-order valence-corrected chi connectivity index (χ4v) is 6.58. The lowest BCUT2D eigenvalue weighted by Crippen LogP contribution is -2.65. The summed E-state index contributed by atoms with van der Waals surface area (Å²) in [5.74, 6) is 0. The molecule has 0 unspecified atom stereocenters. The van der Waals surface area contributed by atoms with Crippen LogP contribution in [0.1, 0.15) is 103 Å². The average Bonchev–Trinajstić information content (AvgIpc) is 2.86. The van der Waals surface area contributed by atoms with Crippen molar-refractivity contribution in [3.63, 3.8) is 0 Å². The van der Waals surface area contributed by atoms with E-state index in [0.29, 0.717) is 0 Å². The number of hydrogen-bond acceptors (Lipinski definition) is 6. The molecule has 4 saturated carbocycles. The van der Waals surface area contributed by atoms with Gasteiger partial charge in [0.25, 0.3) is 0 Å². The lowest BCUT2D eigenvalue weighted by molar-refractivity contribution is -0.0386. The second kappa shape index (κ2) is 12.8. The second-order valence-corrected chi connectivity index (χ2v) is 11.9. The maximum Gasteiger partial charge on any atom is 0.336 e. The summed E-state index contributed by atoms with van der Waals surface area (Å²) in [6, 6.07) is 0.523. The number of carbonyl (C=O) groups is 2. The number of nitrogens with zero attached hydrogens (tertiary/aromatic N) is 2. The quantitative estimate of drug-likeness (QED) is 0.319. The predicted octanol–water partition coefficient (Wildman–Crippen LogP) is 2.00. The molecule has 0 aromatic carbocycles. The normalized spacial score (nSPS) is 37.6. The zero-order valence-electron chi connectivity index (χ0n) is 22.0. The molecule has 4 aliphatic rings. The van der Waals surface area contributed by atoms with Crippen LogP contribution in [0.15, 0.2) is 0 Å². The van der Waals surface area contributed by atoms with Crippen molar-refractivity contribution in [3.8, 4) is 0 Å². The molecule has 0 aromatic rings. The van der Waals surface area contributed by atoms with Crippen molar-refractivity contribution in [2.75, 3.05) is 0 Å². The standard InChI is InChI=1S/C26H50N8O2/c27-17-1-9-21(10-2-17)31-25(35)33(23-13-5-19(29)6-14-23)34(24-15-7-20(30)8-16-24)26(36)32-22-11-3-18(28)4-12-22/h17-24H,1-16,27-30H2,(H,31,35)(H,32,36). The van der Waals surface area contributed by atoms with E-state index in [1.54, 1.807) is 10.0 Å². The van der Waals surface area contributed by atoms with E-state index in [2.05, 4.69) is 10.6 Å². The van der Waals surface area contributed by atoms with Gasteiger partial charge in [0, 0.05) is 36.3 Å². The van der Waals surface area contributed by atoms with Crippen LogP contribution in [0.3, 0.4) is 0 Å². The fourth-order valence-electron chi connectivity index (χ4n) is 6.58. The van der Waals surface area contributed by atoms with E-state index in [0.717, 1.165) is 103 Å². The van der Waals surface area contributed by atoms with Crippen LogP contribution in [0.5, 0.6) is 0 Å². The molecular formula is C26H50N8O2. The first-order valence-corrected chi connectivity index (χ1v) is 14.5. The molecule has 0 aromatic heterocycles. The lowest BCUT2D eigenvalue weighted by Gasteiger charge is -2.48. The van der Waals surface area contributed by atoms with Gasteiger partial charge in [0.15, 0.2) is 0 Å². The number of hydrogen-bond donors (Lipinski definition) is 6. The highest BCUT2D eigenvalue weighted by Crippen LogP contribution is 2.30. The minimum Gasteiger partial charge on any atom is -0.334 e. The Labute approximate surface area is 216 Å². The maximum absolute atomic E-state index is 14.0. The Hall–Kier alpha value is -1.62. The zero-order chi connectivity index (χ0) is 25.7. The Kier molecular flexibility index (Phi) is 9.71. The van der Waals surface area contributed by atoms with Gasteiger partial charge < -0.3 is 33.6 Å². The molecule has 4 fully saturated rings. The molecule has 0 bridgehead atoms. The van der Waals surface area contributed by atoms with E-state index < -0.39 is 0 Å². The van der Waals surface area contributed by atoms with E-state index in [-0.39, 0.29) is 60.4 Å². The number of amides is 4. The minimum atomic E-state index is -0.161. The SMILES string of the molecule is NC1CCC(NC(=O)N(C2CCC(N)CC2)N(C(=O)NC2CCC(N)CC2)C2CCC(N)CC2)CC1. The van der Waals surface area contributed by atoms with Gasteiger partial charge in [-0.25, -0.2) is 19.6 Å². The molecule has 206 valence electrons. The lowest BCUT2D eigenvalue weighted by atomic mass is 9.89. The van der Waals surface area contributed by atoms with Crippen LogP contribution in [-0.4, -0.2) is 70.4 Å². The van der Waals surface area contributed by atoms with Crippen molar-refractivity contribution in [3.05, 3.63) is 0 Å². The molecule has 10 N–H and O–H groups in total. The Morgan fingerprint density at radius 1 is 0.444 bits per heavy atom. The summed E-state index contributed by atoms with van der Waals surface area (Å²) in [5.41, 5.74) is 24.6. The van der Waals surface area contributed by atoms with Gasteiger partial charge in [0.1, 0.15) is 0 Å². The highest BCUT2D eigenvalue weighted by molar-refractivity contribution is 5.81. The van der Waals surface area contributed by atoms with Gasteiger partial charge in [0.2, 0.25) is 0 Å². The molecule has 0 heterocycles. The number of rotatable bonds is 4. The van der Waals surface area contributed by atoms with Gasteiger partial charge in [0.05, 0.1) is 12.1 Å². The fraction of sp³-hybridized carbons (Fsp3) is 0.923. The molecule has 10 nitrogen and oxygen atoms in total. The van der Waals surface area contributed by atoms with Crippen molar-refractivity contribution in [1.82, 2.24) is 20.7 Å². The molecule has 0 saturated heterocycles. The number of hydrazine groups is 1. The molecule has 0 aliphatic heterocycles. The van der Waals surface area contributed by atoms with Crippen molar-refractivity contribution >= 4 is 12.1 Å². The molecule has 4 rings (SSSR count). The number of nitrogens with two attached hydrogens (primary N) is 4. The van der Waals surface area contributed by atoms with Gasteiger partial charge in [-0.15, -0.1) is 0 Å². The van der Waals surface area contributed by atoms with E-state index >= 15 is 0 Å². The predicted molar refractivity (Wildman–Crippen MR) is 142 cm³/mol. The van der Waals surface area contributed by atoms with Crippen LogP contribution in [0, 0.1) is 0 Å². The molecule has 4 amide bonds. The van der Waals surface area contributed by atoms with E-state index in [9.17, 15) is 9.59 Å². The summed E-state index contributed by atoms with van der Waals surface area (Å²) in [4.78, 5) is 27.9. The third kappa shape index (κ3) is 7.24. The summed E-state index contributed by atoms with van der Waals surface area (Å²) in [7, 11) is 0. The topological polar surface area (TPSA) is 169 Å². The highest BCUT2D eigenvalue weighted by atomic mass is 16.2. The van der Waals surface area contributed by atoms with Crippen LogP contribution in [0.25, 0.3) is 0 Å². The highest BCUT2D eigenvalue weighted by Gasteiger charge is 2.41. The van der Waals surface area contributed by atoms with E-state index in [4.69, 9.17) is 22.9 Å². The zero-order valence-corrected chi connectivity index (χ0v) is 22.0. The van der Waals surface area contributed by atoms with Crippen molar-refractivity contribution in [2.45, 2.75) is 151 Å². The molecule has 0 spiro atoms. The number of urea groups is 2. The third-order valence-electron chi connectivity index (χ3n) is 9.02. The summed E-state index contributed by atoms with van der Waals surface area (Å²) >= 11 is 0. The maximum atomic E-state index is 14.0. The van der Waals surface area contributed by atoms with Gasteiger partial charge in [-0.05, 0) is 103 Å². The average molecular weight is 507 g/mol. The molecule has 10 heteroatoms. The largest absolute Gasteiger partial charge is 0.336 e. The summed E-state index contributed by atoms with van der Waals surface area (Å²) in [6.45, 7) is 0. The van der Waals surface area contributed by atoms with Gasteiger partial charge in [-0.2, -0.15) is 0 Å². The third-order valence-corrected chi connectivity index (χ3v) is 9.02. The smallest absolute Gasteiger partial charge is 0.334 e. The Bertz CT molecular complexity index is 647. The Morgan fingerprint density at radius 2 is 0.694 bits per heavy atom. The molecule has 0 atom stereocenters. The first-order valence-electron chi connectivity index (χ1n) is 14.5. The van der Waals surface area contributed by atoms with E-state index in [1.807, 2.05) is 0 Å². The van der Waals surface area contributed by atoms with Crippen LogP contribution in [-0.2, 0) is 0 Å². The molecular weight excluding hydrogens is 456 g/mol. The van der Waals surface area contributed by atoms with Gasteiger partial charge in [-0.3, -0.25) is 0 Å². The second-order valence-electron chi connectivity index (χ2n) is 11.9. The first-order chi connectivity index (χ1) is 17.3.